The second-order valence-corrected chi connectivity index (χ2v) is 8.36. The van der Waals surface area contributed by atoms with E-state index in [-0.39, 0.29) is 30.8 Å². The fourth-order valence-corrected chi connectivity index (χ4v) is 4.06. The van der Waals surface area contributed by atoms with Crippen LogP contribution in [0.15, 0.2) is 18.2 Å². The van der Waals surface area contributed by atoms with E-state index in [1.54, 1.807) is 0 Å². The molecule has 4 N–H and O–H groups in total. The number of nitrogens with zero attached hydrogens (tertiary/aromatic N) is 1. The second kappa shape index (κ2) is 8.88. The SMILES string of the molecule is NC(=O)[C@H](NC(C1CC1)C1CC1)C(=O)Nc1ccc(N2CCOCC2=O)cc1C(F)F. The van der Waals surface area contributed by atoms with Gasteiger partial charge in [-0.3, -0.25) is 19.7 Å². The van der Waals surface area contributed by atoms with Crippen LogP contribution >= 0.6 is 0 Å². The number of amides is 3. The molecule has 3 aliphatic rings. The van der Waals surface area contributed by atoms with E-state index in [9.17, 15) is 23.2 Å². The predicted molar refractivity (Wildman–Crippen MR) is 109 cm³/mol. The zero-order valence-corrected chi connectivity index (χ0v) is 17.0. The Morgan fingerprint density at radius 1 is 1.16 bits per heavy atom. The topological polar surface area (TPSA) is 114 Å². The molecule has 4 rings (SSSR count). The smallest absolute Gasteiger partial charge is 0.265 e. The lowest BCUT2D eigenvalue weighted by molar-refractivity contribution is -0.128. The summed E-state index contributed by atoms with van der Waals surface area (Å²) in [5.41, 5.74) is 5.19. The van der Waals surface area contributed by atoms with E-state index in [1.807, 2.05) is 0 Å². The maximum Gasteiger partial charge on any atom is 0.265 e. The minimum Gasteiger partial charge on any atom is -0.370 e. The molecule has 1 aliphatic heterocycles. The summed E-state index contributed by atoms with van der Waals surface area (Å²) in [6.07, 6.45) is 1.27. The normalized spacial score (nSPS) is 20.3. The number of halogens is 2. The Hall–Kier alpha value is -2.59. The van der Waals surface area contributed by atoms with Crippen LogP contribution in [0, 0.1) is 11.8 Å². The maximum absolute atomic E-state index is 13.7. The third-order valence-corrected chi connectivity index (χ3v) is 5.99. The van der Waals surface area contributed by atoms with Gasteiger partial charge in [0.25, 0.3) is 18.2 Å². The first-order valence-corrected chi connectivity index (χ1v) is 10.5. The molecule has 0 aromatic heterocycles. The summed E-state index contributed by atoms with van der Waals surface area (Å²) < 4.78 is 32.5. The van der Waals surface area contributed by atoms with E-state index in [0.29, 0.717) is 24.1 Å². The summed E-state index contributed by atoms with van der Waals surface area (Å²) in [5, 5.41) is 5.50. The Balaban J connectivity index is 1.51. The molecule has 0 unspecified atom stereocenters. The molecule has 3 fully saturated rings. The zero-order valence-electron chi connectivity index (χ0n) is 17.0. The van der Waals surface area contributed by atoms with E-state index < -0.39 is 29.8 Å². The van der Waals surface area contributed by atoms with Crippen LogP contribution < -0.4 is 21.3 Å². The van der Waals surface area contributed by atoms with Crippen LogP contribution in [0.25, 0.3) is 0 Å². The molecule has 2 aliphatic carbocycles. The van der Waals surface area contributed by atoms with Gasteiger partial charge in [0.15, 0.2) is 6.04 Å². The average molecular weight is 436 g/mol. The Bertz CT molecular complexity index is 861. The summed E-state index contributed by atoms with van der Waals surface area (Å²) in [6.45, 7) is 0.450. The lowest BCUT2D eigenvalue weighted by Gasteiger charge is -2.28. The van der Waals surface area contributed by atoms with Gasteiger partial charge in [-0.15, -0.1) is 0 Å². The third-order valence-electron chi connectivity index (χ3n) is 5.99. The van der Waals surface area contributed by atoms with Crippen LogP contribution in [0.3, 0.4) is 0 Å². The zero-order chi connectivity index (χ0) is 22.1. The first-order chi connectivity index (χ1) is 14.8. The van der Waals surface area contributed by atoms with Crippen LogP contribution in [0.5, 0.6) is 0 Å². The monoisotopic (exact) mass is 436 g/mol. The predicted octanol–water partition coefficient (Wildman–Crippen LogP) is 1.56. The largest absolute Gasteiger partial charge is 0.370 e. The minimum absolute atomic E-state index is 0.0347. The van der Waals surface area contributed by atoms with Crippen LogP contribution in [-0.4, -0.2) is 49.6 Å². The lowest BCUT2D eigenvalue weighted by atomic mass is 10.0. The Kier molecular flexibility index (Phi) is 6.19. The van der Waals surface area contributed by atoms with Crippen molar-refractivity contribution in [1.82, 2.24) is 5.32 Å². The number of benzene rings is 1. The maximum atomic E-state index is 13.7. The van der Waals surface area contributed by atoms with Gasteiger partial charge in [0.1, 0.15) is 6.61 Å². The second-order valence-electron chi connectivity index (χ2n) is 8.36. The molecule has 0 spiro atoms. The summed E-state index contributed by atoms with van der Waals surface area (Å²) >= 11 is 0. The van der Waals surface area contributed by atoms with E-state index >= 15 is 0 Å². The van der Waals surface area contributed by atoms with Gasteiger partial charge < -0.3 is 20.7 Å². The Labute approximate surface area is 178 Å². The Morgan fingerprint density at radius 3 is 2.39 bits per heavy atom. The molecule has 168 valence electrons. The average Bonchev–Trinajstić information content (AvgIpc) is 3.62. The van der Waals surface area contributed by atoms with Crippen molar-refractivity contribution in [1.29, 1.82) is 0 Å². The first-order valence-electron chi connectivity index (χ1n) is 10.5. The van der Waals surface area contributed by atoms with Crippen molar-refractivity contribution in [3.8, 4) is 0 Å². The number of nitrogens with two attached hydrogens (primary N) is 1. The van der Waals surface area contributed by atoms with Crippen molar-refractivity contribution in [2.24, 2.45) is 17.6 Å². The number of rotatable bonds is 9. The van der Waals surface area contributed by atoms with E-state index in [4.69, 9.17) is 10.5 Å². The molecule has 1 aromatic rings. The number of ether oxygens (including phenoxy) is 1. The van der Waals surface area contributed by atoms with Gasteiger partial charge in [-0.2, -0.15) is 0 Å². The quantitative estimate of drug-likeness (QED) is 0.509. The highest BCUT2D eigenvalue weighted by Crippen LogP contribution is 2.44. The highest BCUT2D eigenvalue weighted by Gasteiger charge is 2.44. The van der Waals surface area contributed by atoms with Crippen LogP contribution in [0.1, 0.15) is 37.7 Å². The number of carbonyl (C=O) groups is 3. The van der Waals surface area contributed by atoms with Crippen molar-refractivity contribution in [2.75, 3.05) is 30.0 Å². The molecule has 1 heterocycles. The summed E-state index contributed by atoms with van der Waals surface area (Å²) in [5.74, 6) is -1.10. The molecule has 0 radical (unpaired) electrons. The van der Waals surface area contributed by atoms with Gasteiger partial charge in [-0.05, 0) is 55.7 Å². The fraction of sp³-hybridized carbons (Fsp3) is 0.571. The molecule has 3 amide bonds. The molecule has 1 saturated heterocycles. The van der Waals surface area contributed by atoms with Crippen LogP contribution in [-0.2, 0) is 19.1 Å². The van der Waals surface area contributed by atoms with Gasteiger partial charge in [-0.25, -0.2) is 8.78 Å². The Morgan fingerprint density at radius 2 is 1.84 bits per heavy atom. The van der Waals surface area contributed by atoms with Crippen molar-refractivity contribution >= 4 is 29.1 Å². The highest BCUT2D eigenvalue weighted by molar-refractivity contribution is 6.10. The molecular formula is C21H26F2N4O4. The summed E-state index contributed by atoms with van der Waals surface area (Å²) in [7, 11) is 0. The molecule has 1 atom stereocenters. The molecular weight excluding hydrogens is 410 g/mol. The fourth-order valence-electron chi connectivity index (χ4n) is 4.06. The number of primary amides is 1. The number of hydrogen-bond donors (Lipinski definition) is 3. The molecule has 31 heavy (non-hydrogen) atoms. The molecule has 8 nitrogen and oxygen atoms in total. The number of morpholine rings is 1. The third kappa shape index (κ3) is 5.01. The van der Waals surface area contributed by atoms with E-state index in [1.165, 1.54) is 23.1 Å². The molecule has 10 heteroatoms. The number of alkyl halides is 2. The van der Waals surface area contributed by atoms with Crippen LogP contribution in [0.4, 0.5) is 20.2 Å². The van der Waals surface area contributed by atoms with Crippen molar-refractivity contribution < 1.29 is 27.9 Å². The lowest BCUT2D eigenvalue weighted by Crippen LogP contribution is -2.54. The van der Waals surface area contributed by atoms with Gasteiger partial charge in [0, 0.05) is 29.5 Å². The summed E-state index contributed by atoms with van der Waals surface area (Å²) in [4.78, 5) is 38.1. The van der Waals surface area contributed by atoms with Crippen molar-refractivity contribution in [2.45, 2.75) is 44.2 Å². The number of carbonyl (C=O) groups excluding carboxylic acids is 3. The number of hydrogen-bond acceptors (Lipinski definition) is 5. The minimum atomic E-state index is -2.89. The first kappa shape index (κ1) is 21.6. The number of nitrogens with one attached hydrogen (secondary N) is 2. The van der Waals surface area contributed by atoms with Crippen molar-refractivity contribution in [3.05, 3.63) is 23.8 Å². The highest BCUT2D eigenvalue weighted by atomic mass is 19.3. The van der Waals surface area contributed by atoms with E-state index in [0.717, 1.165) is 25.7 Å². The van der Waals surface area contributed by atoms with Gasteiger partial charge in [0.05, 0.1) is 6.61 Å². The number of anilines is 2. The summed E-state index contributed by atoms with van der Waals surface area (Å²) in [6, 6.07) is 2.70. The van der Waals surface area contributed by atoms with E-state index in [2.05, 4.69) is 10.6 Å². The van der Waals surface area contributed by atoms with Gasteiger partial charge in [-0.1, -0.05) is 0 Å². The van der Waals surface area contributed by atoms with Crippen LogP contribution in [0.2, 0.25) is 0 Å². The standard InChI is InChI=1S/C21H26F2N4O4/c22-19(23)14-9-13(27-7-8-31-10-16(27)28)5-6-15(14)25-21(30)18(20(24)29)26-17(11-1-2-11)12-3-4-12/h5-6,9,11-12,17-19,26H,1-4,7-8,10H2,(H2,24,29)(H,25,30)/t18-/m0/s1. The molecule has 2 saturated carbocycles. The molecule has 0 bridgehead atoms. The van der Waals surface area contributed by atoms with Gasteiger partial charge in [0.2, 0.25) is 5.91 Å². The van der Waals surface area contributed by atoms with Crippen molar-refractivity contribution in [3.63, 3.8) is 0 Å². The molecule has 1 aromatic carbocycles. The van der Waals surface area contributed by atoms with Gasteiger partial charge >= 0.3 is 0 Å².